The highest BCUT2D eigenvalue weighted by atomic mass is 16.3. The lowest BCUT2D eigenvalue weighted by molar-refractivity contribution is -0.0387. The molecule has 0 atom stereocenters. The fourth-order valence-corrected chi connectivity index (χ4v) is 3.34. The molecule has 3 aromatic carbocycles. The van der Waals surface area contributed by atoms with E-state index in [1.54, 1.807) is 0 Å². The number of benzene rings is 3. The zero-order valence-electron chi connectivity index (χ0n) is 14.6. The monoisotopic (exact) mass is 342 g/mol. The van der Waals surface area contributed by atoms with Crippen LogP contribution in [0, 0.1) is 0 Å². The van der Waals surface area contributed by atoms with Crippen molar-refractivity contribution in [3.05, 3.63) is 95.6 Å². The summed E-state index contributed by atoms with van der Waals surface area (Å²) in [5.74, 6) is 0. The number of nitrogen functional groups attached to an aromatic ring is 1. The van der Waals surface area contributed by atoms with Crippen LogP contribution < -0.4 is 5.73 Å². The van der Waals surface area contributed by atoms with Gasteiger partial charge in [0.05, 0.1) is 22.7 Å². The summed E-state index contributed by atoms with van der Waals surface area (Å²) in [4.78, 5) is 4.91. The van der Waals surface area contributed by atoms with Crippen LogP contribution in [0.2, 0.25) is 0 Å². The van der Waals surface area contributed by atoms with Crippen molar-refractivity contribution in [2.24, 2.45) is 4.99 Å². The third-order valence-electron chi connectivity index (χ3n) is 5.08. The van der Waals surface area contributed by atoms with E-state index in [0.29, 0.717) is 11.4 Å². The number of hydrogen-bond acceptors (Lipinski definition) is 3. The SMILES string of the molecule is Nc1ccc(C2(O)CCC2)cc1N=C(c1ccccc1)c1ccccc1. The molecule has 0 unspecified atom stereocenters. The summed E-state index contributed by atoms with van der Waals surface area (Å²) in [6.45, 7) is 0. The number of anilines is 1. The van der Waals surface area contributed by atoms with Gasteiger partial charge in [-0.3, -0.25) is 0 Å². The number of rotatable bonds is 4. The van der Waals surface area contributed by atoms with E-state index >= 15 is 0 Å². The van der Waals surface area contributed by atoms with Crippen LogP contribution in [0.4, 0.5) is 11.4 Å². The molecular formula is C23H22N2O. The number of nitrogens with zero attached hydrogens (tertiary/aromatic N) is 1. The topological polar surface area (TPSA) is 58.6 Å². The van der Waals surface area contributed by atoms with Crippen molar-refractivity contribution in [1.29, 1.82) is 0 Å². The van der Waals surface area contributed by atoms with Crippen molar-refractivity contribution < 1.29 is 5.11 Å². The Balaban J connectivity index is 1.84. The van der Waals surface area contributed by atoms with Gasteiger partial charge in [-0.2, -0.15) is 0 Å². The zero-order chi connectivity index (χ0) is 18.0. The maximum atomic E-state index is 10.7. The Morgan fingerprint density at radius 2 is 1.42 bits per heavy atom. The normalized spacial score (nSPS) is 15.1. The standard InChI is InChI=1S/C23H22N2O/c24-20-13-12-19(23(26)14-7-15-23)16-21(20)25-22(17-8-3-1-4-9-17)18-10-5-2-6-11-18/h1-6,8-13,16,26H,7,14-15,24H2. The number of hydrogen-bond donors (Lipinski definition) is 2. The Morgan fingerprint density at radius 3 is 1.92 bits per heavy atom. The average Bonchev–Trinajstić information content (AvgIpc) is 2.67. The van der Waals surface area contributed by atoms with Crippen LogP contribution in [0.3, 0.4) is 0 Å². The van der Waals surface area contributed by atoms with Crippen molar-refractivity contribution in [3.8, 4) is 0 Å². The Labute approximate surface area is 153 Å². The summed E-state index contributed by atoms with van der Waals surface area (Å²) >= 11 is 0. The van der Waals surface area contributed by atoms with E-state index in [4.69, 9.17) is 10.7 Å². The highest BCUT2D eigenvalue weighted by molar-refractivity contribution is 6.14. The first-order valence-corrected chi connectivity index (χ1v) is 8.98. The summed E-state index contributed by atoms with van der Waals surface area (Å²) in [5.41, 5.74) is 10.6. The smallest absolute Gasteiger partial charge is 0.0897 e. The zero-order valence-corrected chi connectivity index (χ0v) is 14.6. The fraction of sp³-hybridized carbons (Fsp3) is 0.174. The Bertz CT molecular complexity index is 887. The molecule has 0 aromatic heterocycles. The minimum atomic E-state index is -0.725. The van der Waals surface area contributed by atoms with Crippen LogP contribution >= 0.6 is 0 Å². The highest BCUT2D eigenvalue weighted by Gasteiger charge is 2.36. The molecule has 0 radical (unpaired) electrons. The van der Waals surface area contributed by atoms with Crippen LogP contribution in [0.1, 0.15) is 36.0 Å². The molecule has 0 saturated heterocycles. The summed E-state index contributed by atoms with van der Waals surface area (Å²) < 4.78 is 0. The minimum Gasteiger partial charge on any atom is -0.397 e. The van der Waals surface area contributed by atoms with Gasteiger partial charge in [-0.05, 0) is 37.0 Å². The molecule has 0 spiro atoms. The van der Waals surface area contributed by atoms with Crippen LogP contribution in [-0.2, 0) is 5.60 Å². The second-order valence-corrected chi connectivity index (χ2v) is 6.85. The molecular weight excluding hydrogens is 320 g/mol. The lowest BCUT2D eigenvalue weighted by Crippen LogP contribution is -2.33. The van der Waals surface area contributed by atoms with E-state index in [2.05, 4.69) is 0 Å². The molecule has 1 fully saturated rings. The van der Waals surface area contributed by atoms with Gasteiger partial charge < -0.3 is 10.8 Å². The molecule has 3 N–H and O–H groups in total. The number of nitrogens with two attached hydrogens (primary N) is 1. The van der Waals surface area contributed by atoms with Crippen LogP contribution in [0.5, 0.6) is 0 Å². The molecule has 3 nitrogen and oxygen atoms in total. The fourth-order valence-electron chi connectivity index (χ4n) is 3.34. The second-order valence-electron chi connectivity index (χ2n) is 6.85. The van der Waals surface area contributed by atoms with Gasteiger partial charge in [0, 0.05) is 11.1 Å². The van der Waals surface area contributed by atoms with E-state index in [1.165, 1.54) is 0 Å². The molecule has 26 heavy (non-hydrogen) atoms. The molecule has 3 heteroatoms. The molecule has 1 saturated carbocycles. The first-order chi connectivity index (χ1) is 12.7. The molecule has 1 aliphatic rings. The molecule has 0 heterocycles. The molecule has 130 valence electrons. The molecule has 1 aliphatic carbocycles. The van der Waals surface area contributed by atoms with Gasteiger partial charge >= 0.3 is 0 Å². The van der Waals surface area contributed by atoms with E-state index in [0.717, 1.165) is 41.7 Å². The van der Waals surface area contributed by atoms with Gasteiger partial charge in [0.15, 0.2) is 0 Å². The van der Waals surface area contributed by atoms with Gasteiger partial charge in [-0.15, -0.1) is 0 Å². The van der Waals surface area contributed by atoms with Gasteiger partial charge in [0.1, 0.15) is 0 Å². The Kier molecular flexibility index (Phi) is 4.31. The quantitative estimate of drug-likeness (QED) is 0.528. The lowest BCUT2D eigenvalue weighted by Gasteiger charge is -2.37. The predicted octanol–water partition coefficient (Wildman–Crippen LogP) is 4.81. The maximum absolute atomic E-state index is 10.7. The van der Waals surface area contributed by atoms with Gasteiger partial charge in [0.25, 0.3) is 0 Å². The van der Waals surface area contributed by atoms with Crippen LogP contribution in [-0.4, -0.2) is 10.8 Å². The third-order valence-corrected chi connectivity index (χ3v) is 5.08. The molecule has 0 aliphatic heterocycles. The van der Waals surface area contributed by atoms with E-state index in [1.807, 2.05) is 78.9 Å². The number of aliphatic imine (C=N–C) groups is 1. The molecule has 0 amide bonds. The minimum absolute atomic E-state index is 0.612. The summed E-state index contributed by atoms with van der Waals surface area (Å²) in [5, 5.41) is 10.7. The molecule has 4 rings (SSSR count). The summed E-state index contributed by atoms with van der Waals surface area (Å²) in [6, 6.07) is 25.9. The maximum Gasteiger partial charge on any atom is 0.0897 e. The van der Waals surface area contributed by atoms with Gasteiger partial charge in [0.2, 0.25) is 0 Å². The average molecular weight is 342 g/mol. The second kappa shape index (κ2) is 6.77. The molecule has 3 aromatic rings. The van der Waals surface area contributed by atoms with E-state index in [-0.39, 0.29) is 0 Å². The summed E-state index contributed by atoms with van der Waals surface area (Å²) in [7, 11) is 0. The van der Waals surface area contributed by atoms with Crippen LogP contribution in [0.25, 0.3) is 0 Å². The first kappa shape index (κ1) is 16.6. The van der Waals surface area contributed by atoms with Crippen molar-refractivity contribution in [2.75, 3.05) is 5.73 Å². The first-order valence-electron chi connectivity index (χ1n) is 8.98. The largest absolute Gasteiger partial charge is 0.397 e. The lowest BCUT2D eigenvalue weighted by atomic mass is 9.75. The predicted molar refractivity (Wildman–Crippen MR) is 107 cm³/mol. The Morgan fingerprint density at radius 1 is 0.846 bits per heavy atom. The van der Waals surface area contributed by atoms with Crippen molar-refractivity contribution in [2.45, 2.75) is 24.9 Å². The third kappa shape index (κ3) is 3.14. The number of aliphatic hydroxyl groups is 1. The van der Waals surface area contributed by atoms with Crippen molar-refractivity contribution in [3.63, 3.8) is 0 Å². The van der Waals surface area contributed by atoms with Crippen LogP contribution in [0.15, 0.2) is 83.9 Å². The van der Waals surface area contributed by atoms with E-state index in [9.17, 15) is 5.11 Å². The van der Waals surface area contributed by atoms with E-state index < -0.39 is 5.60 Å². The summed E-state index contributed by atoms with van der Waals surface area (Å²) in [6.07, 6.45) is 2.65. The van der Waals surface area contributed by atoms with Gasteiger partial charge in [-0.25, -0.2) is 4.99 Å². The van der Waals surface area contributed by atoms with Gasteiger partial charge in [-0.1, -0.05) is 66.7 Å². The highest BCUT2D eigenvalue weighted by Crippen LogP contribution is 2.43. The van der Waals surface area contributed by atoms with Crippen molar-refractivity contribution >= 4 is 17.1 Å². The molecule has 0 bridgehead atoms. The Hall–Kier alpha value is -2.91. The van der Waals surface area contributed by atoms with Crippen molar-refractivity contribution in [1.82, 2.24) is 0 Å².